The molecular weight excluding hydrogens is 981 g/mol. The Morgan fingerprint density at radius 2 is 0.537 bits per heavy atom. The van der Waals surface area contributed by atoms with Crippen LogP contribution in [0.25, 0.3) is 0 Å². The Hall–Kier alpha value is -3.70. The number of allylic oxidation sites excluding steroid dienone is 20. The second-order valence-corrected chi connectivity index (χ2v) is 22.5. The summed E-state index contributed by atoms with van der Waals surface area (Å²) in [6.45, 7) is 4.03. The van der Waals surface area contributed by atoms with Crippen molar-refractivity contribution in [1.29, 1.82) is 0 Å². The van der Waals surface area contributed by atoms with Crippen LogP contribution in [-0.2, 0) is 19.1 Å². The maximum Gasteiger partial charge on any atom is 0.306 e. The first-order chi connectivity index (χ1) is 39.6. The lowest BCUT2D eigenvalue weighted by atomic mass is 10.0. The Balaban J connectivity index is 3.50. The van der Waals surface area contributed by atoms with Gasteiger partial charge in [-0.2, -0.15) is 0 Å². The third-order valence-electron chi connectivity index (χ3n) is 14.7. The molecule has 0 aliphatic rings. The van der Waals surface area contributed by atoms with Crippen LogP contribution in [0.3, 0.4) is 0 Å². The zero-order valence-electron chi connectivity index (χ0n) is 52.6. The molecule has 80 heavy (non-hydrogen) atoms. The van der Waals surface area contributed by atoms with E-state index in [-0.39, 0.29) is 25.2 Å². The van der Waals surface area contributed by atoms with Gasteiger partial charge in [-0.25, -0.2) is 0 Å². The van der Waals surface area contributed by atoms with Gasteiger partial charge >= 0.3 is 11.9 Å². The van der Waals surface area contributed by atoms with E-state index >= 15 is 0 Å². The first-order valence-electron chi connectivity index (χ1n) is 34.1. The minimum Gasteiger partial charge on any atom is -0.462 e. The summed E-state index contributed by atoms with van der Waals surface area (Å²) in [7, 11) is 0. The molecule has 0 spiro atoms. The number of esters is 2. The fourth-order valence-electron chi connectivity index (χ4n) is 9.66. The Morgan fingerprint density at radius 3 is 0.812 bits per heavy atom. The lowest BCUT2D eigenvalue weighted by Gasteiger charge is -2.15. The predicted octanol–water partition coefficient (Wildman–Crippen LogP) is 23.8. The van der Waals surface area contributed by atoms with Crippen molar-refractivity contribution >= 4 is 11.9 Å². The largest absolute Gasteiger partial charge is 0.462 e. The molecule has 1 N–H and O–H groups in total. The van der Waals surface area contributed by atoms with Gasteiger partial charge < -0.3 is 14.6 Å². The number of carbonyl (C=O) groups is 2. The summed E-state index contributed by atoms with van der Waals surface area (Å²) in [4.78, 5) is 24.6. The molecule has 0 saturated carbocycles. The Bertz CT molecular complexity index is 1590. The van der Waals surface area contributed by atoms with Crippen LogP contribution >= 0.6 is 0 Å². The molecule has 0 amide bonds. The fourth-order valence-corrected chi connectivity index (χ4v) is 9.66. The summed E-state index contributed by atoms with van der Waals surface area (Å²) in [5.41, 5.74) is 0. The molecule has 0 aromatic heterocycles. The van der Waals surface area contributed by atoms with Crippen molar-refractivity contribution in [3.63, 3.8) is 0 Å². The molecule has 458 valence electrons. The second-order valence-electron chi connectivity index (χ2n) is 22.5. The highest BCUT2D eigenvalue weighted by atomic mass is 16.6. The molecule has 0 aromatic rings. The smallest absolute Gasteiger partial charge is 0.306 e. The van der Waals surface area contributed by atoms with Crippen molar-refractivity contribution in [1.82, 2.24) is 0 Å². The topological polar surface area (TPSA) is 72.8 Å². The molecule has 5 heteroatoms. The molecular formula is C75H128O5. The van der Waals surface area contributed by atoms with Crippen molar-refractivity contribution in [2.24, 2.45) is 0 Å². The lowest BCUT2D eigenvalue weighted by Crippen LogP contribution is -2.28. The number of carbonyl (C=O) groups excluding carboxylic acids is 2. The van der Waals surface area contributed by atoms with Crippen molar-refractivity contribution in [3.8, 4) is 0 Å². The summed E-state index contributed by atoms with van der Waals surface area (Å²) in [6, 6.07) is 0. The average Bonchev–Trinajstić information content (AvgIpc) is 3.46. The third-order valence-corrected chi connectivity index (χ3v) is 14.7. The monoisotopic (exact) mass is 1110 g/mol. The van der Waals surface area contributed by atoms with Gasteiger partial charge in [-0.3, -0.25) is 9.59 Å². The van der Waals surface area contributed by atoms with E-state index in [1.54, 1.807) is 0 Å². The number of hydrogen-bond acceptors (Lipinski definition) is 5. The van der Waals surface area contributed by atoms with Crippen LogP contribution in [0, 0.1) is 0 Å². The highest BCUT2D eigenvalue weighted by molar-refractivity contribution is 5.70. The number of hydrogen-bond donors (Lipinski definition) is 1. The number of aliphatic hydroxyl groups is 1. The van der Waals surface area contributed by atoms with Crippen LogP contribution in [-0.4, -0.2) is 36.4 Å². The van der Waals surface area contributed by atoms with E-state index in [1.807, 2.05) is 0 Å². The zero-order chi connectivity index (χ0) is 57.6. The van der Waals surface area contributed by atoms with Crippen molar-refractivity contribution in [3.05, 3.63) is 122 Å². The van der Waals surface area contributed by atoms with Crippen LogP contribution < -0.4 is 0 Å². The van der Waals surface area contributed by atoms with E-state index in [0.29, 0.717) is 12.8 Å². The summed E-state index contributed by atoms with van der Waals surface area (Å²) < 4.78 is 10.7. The summed E-state index contributed by atoms with van der Waals surface area (Å²) >= 11 is 0. The maximum atomic E-state index is 12.4. The second kappa shape index (κ2) is 69.6. The van der Waals surface area contributed by atoms with E-state index in [0.717, 1.165) is 103 Å². The maximum absolute atomic E-state index is 12.4. The van der Waals surface area contributed by atoms with Gasteiger partial charge in [0.15, 0.2) is 6.10 Å². The molecule has 5 nitrogen and oxygen atoms in total. The molecule has 0 saturated heterocycles. The molecule has 0 fully saturated rings. The summed E-state index contributed by atoms with van der Waals surface area (Å²) in [5, 5.41) is 9.70. The van der Waals surface area contributed by atoms with Crippen LogP contribution in [0.2, 0.25) is 0 Å². The van der Waals surface area contributed by atoms with Gasteiger partial charge in [0, 0.05) is 12.8 Å². The molecule has 0 radical (unpaired) electrons. The Labute approximate surface area is 496 Å². The predicted molar refractivity (Wildman–Crippen MR) is 352 cm³/mol. The molecule has 0 bridgehead atoms. The molecule has 1 unspecified atom stereocenters. The molecule has 0 aromatic carbocycles. The first-order valence-corrected chi connectivity index (χ1v) is 34.1. The average molecular weight is 1110 g/mol. The van der Waals surface area contributed by atoms with Crippen LogP contribution in [0.5, 0.6) is 0 Å². The molecule has 0 heterocycles. The number of ether oxygens (including phenoxy) is 2. The van der Waals surface area contributed by atoms with Gasteiger partial charge in [-0.15, -0.1) is 0 Å². The van der Waals surface area contributed by atoms with Gasteiger partial charge in [0.2, 0.25) is 0 Å². The quantitative estimate of drug-likeness (QED) is 0.0373. The number of rotatable bonds is 62. The van der Waals surface area contributed by atoms with E-state index in [4.69, 9.17) is 9.47 Å². The van der Waals surface area contributed by atoms with E-state index in [2.05, 4.69) is 135 Å². The molecule has 0 aliphatic heterocycles. The highest BCUT2D eigenvalue weighted by Crippen LogP contribution is 2.17. The number of unbranched alkanes of at least 4 members (excludes halogenated alkanes) is 34. The van der Waals surface area contributed by atoms with Crippen molar-refractivity contribution in [2.75, 3.05) is 13.2 Å². The van der Waals surface area contributed by atoms with Crippen molar-refractivity contribution < 1.29 is 24.2 Å². The minimum atomic E-state index is -0.785. The molecule has 0 rings (SSSR count). The summed E-state index contributed by atoms with van der Waals surface area (Å²) in [5.74, 6) is -0.594. The van der Waals surface area contributed by atoms with Gasteiger partial charge in [0.25, 0.3) is 0 Å². The van der Waals surface area contributed by atoms with Crippen molar-refractivity contribution in [2.45, 2.75) is 328 Å². The third kappa shape index (κ3) is 66.8. The van der Waals surface area contributed by atoms with Crippen LogP contribution in [0.15, 0.2) is 122 Å². The SMILES string of the molecule is CC/C=C\C/C=C\C/C=C\C/C=C\C/C=C\C/C=C\C/C=C\C/C=C\CCCCCCCCCCC(=O)OC(CO)COC(=O)CCCCCCCCCCCCCCCCCCCCCCC/C=C\C/C=C\CCCCCCC. The first kappa shape index (κ1) is 76.3. The van der Waals surface area contributed by atoms with Crippen LogP contribution in [0.1, 0.15) is 322 Å². The van der Waals surface area contributed by atoms with Gasteiger partial charge in [-0.05, 0) is 109 Å². The van der Waals surface area contributed by atoms with Crippen LogP contribution in [0.4, 0.5) is 0 Å². The molecule has 0 aliphatic carbocycles. The Kier molecular flexibility index (Phi) is 66.4. The van der Waals surface area contributed by atoms with E-state index in [1.165, 1.54) is 193 Å². The van der Waals surface area contributed by atoms with E-state index in [9.17, 15) is 14.7 Å². The highest BCUT2D eigenvalue weighted by Gasteiger charge is 2.16. The Morgan fingerprint density at radius 1 is 0.300 bits per heavy atom. The lowest BCUT2D eigenvalue weighted by molar-refractivity contribution is -0.161. The number of aliphatic hydroxyl groups excluding tert-OH is 1. The van der Waals surface area contributed by atoms with E-state index < -0.39 is 6.10 Å². The van der Waals surface area contributed by atoms with Gasteiger partial charge in [0.05, 0.1) is 6.61 Å². The zero-order valence-corrected chi connectivity index (χ0v) is 52.6. The van der Waals surface area contributed by atoms with Gasteiger partial charge in [0.1, 0.15) is 6.61 Å². The minimum absolute atomic E-state index is 0.0725. The van der Waals surface area contributed by atoms with Gasteiger partial charge in [-0.1, -0.05) is 322 Å². The normalized spacial score (nSPS) is 13.0. The fraction of sp³-hybridized carbons (Fsp3) is 0.707. The summed E-state index contributed by atoms with van der Waals surface area (Å²) in [6.07, 6.45) is 102. The standard InChI is InChI=1S/C75H128O5/c1-3-5-7-9-11-13-15-17-19-21-23-25-27-29-31-33-35-37-39-41-43-45-47-49-51-53-55-57-59-61-63-65-67-69-74(77)79-72-73(71-76)80-75(78)70-68-66-64-62-60-58-56-54-52-50-48-46-44-42-40-38-36-34-32-30-28-26-24-22-20-18-16-14-12-10-8-6-4-2/h6,8,12,14-15,17-18,20-21,23-24,26,30,32,36,38,42,44,48,50,73,76H,3-5,7,9-11,13,16,19,22,25,27-29,31,33-35,37,39-41,43,45-47,49,51-72H2,1-2H3/b8-6-,14-12-,17-15-,20-18-,23-21-,26-24-,32-30-,38-36-,44-42-,50-48-. The molecule has 1 atom stereocenters.